The first-order valence-corrected chi connectivity index (χ1v) is 6.57. The van der Waals surface area contributed by atoms with Crippen LogP contribution in [0.1, 0.15) is 25.5 Å². The van der Waals surface area contributed by atoms with Crippen LogP contribution in [-0.4, -0.2) is 37.3 Å². The fraction of sp³-hybridized carbons (Fsp3) is 0.533. The summed E-state index contributed by atoms with van der Waals surface area (Å²) in [6, 6.07) is 9.82. The second-order valence-electron chi connectivity index (χ2n) is 4.98. The maximum Gasteiger partial charge on any atom is 0.127 e. The van der Waals surface area contributed by atoms with E-state index in [0.717, 1.165) is 24.4 Å². The summed E-state index contributed by atoms with van der Waals surface area (Å²) < 4.78 is 11.1. The summed E-state index contributed by atoms with van der Waals surface area (Å²) in [5.74, 6) is 0.765. The molecule has 0 aromatic heterocycles. The van der Waals surface area contributed by atoms with Crippen molar-refractivity contribution in [2.75, 3.05) is 20.2 Å². The Kier molecular flexibility index (Phi) is 4.41. The predicted octanol–water partition coefficient (Wildman–Crippen LogP) is 2.37. The molecule has 0 radical (unpaired) electrons. The summed E-state index contributed by atoms with van der Waals surface area (Å²) >= 11 is 0. The van der Waals surface area contributed by atoms with Crippen LogP contribution in [0.15, 0.2) is 24.3 Å². The average Bonchev–Trinajstić information content (AvgIpc) is 2.39. The fourth-order valence-corrected chi connectivity index (χ4v) is 2.67. The van der Waals surface area contributed by atoms with Crippen LogP contribution in [0.3, 0.4) is 0 Å². The van der Waals surface area contributed by atoms with Crippen LogP contribution < -0.4 is 4.74 Å². The van der Waals surface area contributed by atoms with Gasteiger partial charge in [0, 0.05) is 18.7 Å². The summed E-state index contributed by atoms with van der Waals surface area (Å²) in [4.78, 5) is 2.16. The van der Waals surface area contributed by atoms with E-state index >= 15 is 0 Å². The molecule has 0 amide bonds. The molecule has 0 saturated carbocycles. The molecule has 1 fully saturated rings. The summed E-state index contributed by atoms with van der Waals surface area (Å²) in [5, 5.41) is 9.54. The minimum absolute atomic E-state index is 0.148. The highest BCUT2D eigenvalue weighted by Gasteiger charge is 2.30. The largest absolute Gasteiger partial charge is 0.496 e. The number of rotatable bonds is 3. The zero-order valence-electron chi connectivity index (χ0n) is 11.7. The van der Waals surface area contributed by atoms with Gasteiger partial charge >= 0.3 is 0 Å². The molecule has 1 aliphatic heterocycles. The fourth-order valence-electron chi connectivity index (χ4n) is 2.67. The number of hydrogen-bond acceptors (Lipinski definition) is 4. The van der Waals surface area contributed by atoms with E-state index in [2.05, 4.69) is 11.0 Å². The number of para-hydroxylation sites is 1. The summed E-state index contributed by atoms with van der Waals surface area (Å²) in [7, 11) is 1.64. The Bertz CT molecular complexity index is 459. The molecule has 1 aliphatic rings. The highest BCUT2D eigenvalue weighted by Crippen LogP contribution is 2.30. The van der Waals surface area contributed by atoms with Gasteiger partial charge in [-0.05, 0) is 19.9 Å². The standard InChI is InChI=1S/C15H20N2O2/c1-11-9-17(10-12(2)19-11)14(8-16)13-6-4-5-7-15(13)18-3/h4-7,11-12,14H,9-10H2,1-3H3. The molecule has 1 heterocycles. The number of benzene rings is 1. The maximum atomic E-state index is 9.54. The third-order valence-corrected chi connectivity index (χ3v) is 3.37. The lowest BCUT2D eigenvalue weighted by Crippen LogP contribution is -2.46. The minimum Gasteiger partial charge on any atom is -0.496 e. The first-order valence-electron chi connectivity index (χ1n) is 6.57. The number of nitrogens with zero attached hydrogens (tertiary/aromatic N) is 2. The smallest absolute Gasteiger partial charge is 0.127 e. The van der Waals surface area contributed by atoms with Crippen LogP contribution >= 0.6 is 0 Å². The summed E-state index contributed by atoms with van der Waals surface area (Å²) in [6.07, 6.45) is 0.295. The van der Waals surface area contributed by atoms with Gasteiger partial charge in [0.05, 0.1) is 25.4 Å². The zero-order valence-corrected chi connectivity index (χ0v) is 11.7. The number of morpholine rings is 1. The Balaban J connectivity index is 2.27. The van der Waals surface area contributed by atoms with Crippen molar-refractivity contribution in [3.8, 4) is 11.8 Å². The van der Waals surface area contributed by atoms with E-state index in [9.17, 15) is 5.26 Å². The van der Waals surface area contributed by atoms with E-state index in [1.165, 1.54) is 0 Å². The van der Waals surface area contributed by atoms with Gasteiger partial charge in [0.25, 0.3) is 0 Å². The van der Waals surface area contributed by atoms with Crippen LogP contribution in [-0.2, 0) is 4.74 Å². The molecular weight excluding hydrogens is 240 g/mol. The van der Waals surface area contributed by atoms with Crippen molar-refractivity contribution in [3.05, 3.63) is 29.8 Å². The molecule has 1 saturated heterocycles. The highest BCUT2D eigenvalue weighted by atomic mass is 16.5. The Morgan fingerprint density at radius 3 is 2.53 bits per heavy atom. The number of methoxy groups -OCH3 is 1. The second-order valence-corrected chi connectivity index (χ2v) is 4.98. The molecule has 3 unspecified atom stereocenters. The van der Waals surface area contributed by atoms with Gasteiger partial charge in [-0.3, -0.25) is 4.90 Å². The van der Waals surface area contributed by atoms with Crippen LogP contribution in [0.5, 0.6) is 5.75 Å². The third kappa shape index (κ3) is 3.06. The van der Waals surface area contributed by atoms with E-state index in [1.807, 2.05) is 38.1 Å². The van der Waals surface area contributed by atoms with Gasteiger partial charge in [0.2, 0.25) is 0 Å². The Labute approximate surface area is 114 Å². The van der Waals surface area contributed by atoms with Gasteiger partial charge in [0.15, 0.2) is 0 Å². The van der Waals surface area contributed by atoms with Gasteiger partial charge in [-0.25, -0.2) is 0 Å². The van der Waals surface area contributed by atoms with Crippen molar-refractivity contribution in [2.45, 2.75) is 32.1 Å². The summed E-state index contributed by atoms with van der Waals surface area (Å²) in [5.41, 5.74) is 0.925. The molecule has 0 spiro atoms. The highest BCUT2D eigenvalue weighted by molar-refractivity contribution is 5.38. The van der Waals surface area contributed by atoms with Gasteiger partial charge < -0.3 is 9.47 Å². The minimum atomic E-state index is -0.287. The Hall–Kier alpha value is -1.57. The summed E-state index contributed by atoms with van der Waals surface area (Å²) in [6.45, 7) is 5.61. The number of nitriles is 1. The van der Waals surface area contributed by atoms with Gasteiger partial charge in [0.1, 0.15) is 11.8 Å². The Morgan fingerprint density at radius 1 is 1.32 bits per heavy atom. The van der Waals surface area contributed by atoms with E-state index in [1.54, 1.807) is 7.11 Å². The molecule has 0 aliphatic carbocycles. The van der Waals surface area contributed by atoms with Gasteiger partial charge in [-0.1, -0.05) is 18.2 Å². The first kappa shape index (κ1) is 13.9. The molecule has 1 aromatic rings. The predicted molar refractivity (Wildman–Crippen MR) is 72.9 cm³/mol. The molecule has 2 rings (SSSR count). The van der Waals surface area contributed by atoms with Crippen LogP contribution in [0.2, 0.25) is 0 Å². The molecule has 0 N–H and O–H groups in total. The van der Waals surface area contributed by atoms with E-state index in [0.29, 0.717) is 0 Å². The topological polar surface area (TPSA) is 45.5 Å². The first-order chi connectivity index (χ1) is 9.15. The maximum absolute atomic E-state index is 9.54. The van der Waals surface area contributed by atoms with Crippen molar-refractivity contribution in [2.24, 2.45) is 0 Å². The van der Waals surface area contributed by atoms with Crippen molar-refractivity contribution in [3.63, 3.8) is 0 Å². The van der Waals surface area contributed by atoms with Crippen LogP contribution in [0.25, 0.3) is 0 Å². The zero-order chi connectivity index (χ0) is 13.8. The van der Waals surface area contributed by atoms with Crippen LogP contribution in [0, 0.1) is 11.3 Å². The molecule has 0 bridgehead atoms. The normalized spacial score (nSPS) is 25.6. The molecule has 4 nitrogen and oxygen atoms in total. The van der Waals surface area contributed by atoms with Crippen LogP contribution in [0.4, 0.5) is 0 Å². The molecule has 102 valence electrons. The lowest BCUT2D eigenvalue weighted by molar-refractivity contribution is -0.0751. The van der Waals surface area contributed by atoms with Gasteiger partial charge in [-0.15, -0.1) is 0 Å². The molecular formula is C15H20N2O2. The lowest BCUT2D eigenvalue weighted by atomic mass is 10.0. The van der Waals surface area contributed by atoms with Crippen molar-refractivity contribution in [1.82, 2.24) is 4.90 Å². The Morgan fingerprint density at radius 2 is 1.95 bits per heavy atom. The van der Waals surface area contributed by atoms with E-state index < -0.39 is 0 Å². The quantitative estimate of drug-likeness (QED) is 0.837. The average molecular weight is 260 g/mol. The van der Waals surface area contributed by atoms with Crippen molar-refractivity contribution < 1.29 is 9.47 Å². The monoisotopic (exact) mass is 260 g/mol. The SMILES string of the molecule is COc1ccccc1C(C#N)N1CC(C)OC(C)C1. The van der Waals surface area contributed by atoms with E-state index in [4.69, 9.17) is 9.47 Å². The van der Waals surface area contributed by atoms with E-state index in [-0.39, 0.29) is 18.2 Å². The third-order valence-electron chi connectivity index (χ3n) is 3.37. The molecule has 4 heteroatoms. The second kappa shape index (κ2) is 6.05. The molecule has 3 atom stereocenters. The number of hydrogen-bond donors (Lipinski definition) is 0. The molecule has 1 aromatic carbocycles. The number of ether oxygens (including phenoxy) is 2. The van der Waals surface area contributed by atoms with Crippen molar-refractivity contribution >= 4 is 0 Å². The van der Waals surface area contributed by atoms with Crippen molar-refractivity contribution in [1.29, 1.82) is 5.26 Å². The lowest BCUT2D eigenvalue weighted by Gasteiger charge is -2.38. The molecule has 19 heavy (non-hydrogen) atoms. The van der Waals surface area contributed by atoms with Gasteiger partial charge in [-0.2, -0.15) is 5.26 Å².